The van der Waals surface area contributed by atoms with Gasteiger partial charge in [-0.2, -0.15) is 0 Å². The molecule has 0 amide bonds. The Morgan fingerprint density at radius 3 is 2.60 bits per heavy atom. The van der Waals surface area contributed by atoms with Gasteiger partial charge in [0.2, 0.25) is 5.69 Å². The Kier molecular flexibility index (Phi) is 1.96. The smallest absolute Gasteiger partial charge is 0.141 e. The van der Waals surface area contributed by atoms with E-state index in [1.54, 1.807) is 0 Å². The number of nitrogens with zero attached hydrogens (tertiary/aromatic N) is 2. The van der Waals surface area contributed by atoms with Gasteiger partial charge >= 0.3 is 0 Å². The van der Waals surface area contributed by atoms with Crippen LogP contribution in [0.4, 0.5) is 0 Å². The van der Waals surface area contributed by atoms with Crippen molar-refractivity contribution in [2.24, 2.45) is 0 Å². The first-order valence-corrected chi connectivity index (χ1v) is 5.50. The summed E-state index contributed by atoms with van der Waals surface area (Å²) in [6.07, 6.45) is 2.03. The molecule has 2 heterocycles. The fourth-order valence-corrected chi connectivity index (χ4v) is 2.34. The van der Waals surface area contributed by atoms with Gasteiger partial charge in [0, 0.05) is 9.94 Å². The zero-order valence-corrected chi connectivity index (χ0v) is 8.82. The molecule has 0 saturated carbocycles. The third-order valence-electron chi connectivity index (χ3n) is 2.33. The first-order valence-electron chi connectivity index (χ1n) is 4.77. The quantitative estimate of drug-likeness (QED) is 0.568. The molecule has 0 fully saturated rings. The molecule has 72 valence electrons. The fraction of sp³-hybridized carbons (Fsp3) is 0. The molecule has 2 aromatic heterocycles. The largest absolute Gasteiger partial charge is 0.283 e. The van der Waals surface area contributed by atoms with Crippen LogP contribution in [-0.2, 0) is 0 Å². The summed E-state index contributed by atoms with van der Waals surface area (Å²) in [5.74, 6) is 0. The Morgan fingerprint density at radius 1 is 0.933 bits per heavy atom. The molecule has 3 aromatic rings. The number of hydrogen-bond donors (Lipinski definition) is 0. The summed E-state index contributed by atoms with van der Waals surface area (Å²) in [5, 5.41) is 0. The summed E-state index contributed by atoms with van der Waals surface area (Å²) < 4.78 is 6.54. The van der Waals surface area contributed by atoms with Crippen molar-refractivity contribution in [2.45, 2.75) is 0 Å². The first-order chi connectivity index (χ1) is 7.45. The second-order valence-corrected chi connectivity index (χ2v) is 4.04. The van der Waals surface area contributed by atoms with E-state index in [4.69, 9.17) is 0 Å². The molecule has 2 nitrogen and oxygen atoms in total. The molecule has 3 heteroatoms. The van der Waals surface area contributed by atoms with Gasteiger partial charge in [0.1, 0.15) is 6.20 Å². The molecule has 3 rings (SSSR count). The van der Waals surface area contributed by atoms with Crippen LogP contribution < -0.4 is 3.79 Å². The van der Waals surface area contributed by atoms with Crippen molar-refractivity contribution in [3.8, 4) is 11.3 Å². The lowest BCUT2D eigenvalue weighted by Crippen LogP contribution is -2.12. The molecule has 0 spiro atoms. The van der Waals surface area contributed by atoms with Crippen LogP contribution in [0.5, 0.6) is 0 Å². The summed E-state index contributed by atoms with van der Waals surface area (Å²) in [7, 11) is 0. The number of fused-ring (bicyclic) bond motifs is 1. The van der Waals surface area contributed by atoms with Gasteiger partial charge < -0.3 is 0 Å². The second kappa shape index (κ2) is 3.44. The third-order valence-corrected chi connectivity index (χ3v) is 3.09. The van der Waals surface area contributed by atoms with E-state index in [0.29, 0.717) is 0 Å². The molecule has 0 saturated heterocycles. The highest BCUT2D eigenvalue weighted by Gasteiger charge is 2.15. The Bertz CT molecular complexity index is 587. The van der Waals surface area contributed by atoms with Crippen LogP contribution in [0.1, 0.15) is 0 Å². The number of pyridine rings is 1. The Morgan fingerprint density at radius 2 is 1.73 bits per heavy atom. The minimum Gasteiger partial charge on any atom is -0.141 e. The average Bonchev–Trinajstić information content (AvgIpc) is 2.74. The van der Waals surface area contributed by atoms with Gasteiger partial charge in [0.05, 0.1) is 0 Å². The highest BCUT2D eigenvalue weighted by atomic mass is 32.1. The zero-order valence-electron chi connectivity index (χ0n) is 8.00. The maximum atomic E-state index is 4.47. The molecular formula is C12H9N2S+. The van der Waals surface area contributed by atoms with Crippen molar-refractivity contribution < 1.29 is 3.79 Å². The van der Waals surface area contributed by atoms with Gasteiger partial charge in [-0.05, 0) is 12.1 Å². The van der Waals surface area contributed by atoms with Crippen LogP contribution in [0.3, 0.4) is 0 Å². The van der Waals surface area contributed by atoms with E-state index in [1.165, 1.54) is 17.3 Å². The normalized spacial score (nSPS) is 10.7. The number of rotatable bonds is 1. The number of aromatic nitrogens is 2. The topological polar surface area (TPSA) is 17.0 Å². The molecule has 0 atom stereocenters. The van der Waals surface area contributed by atoms with E-state index >= 15 is 0 Å². The lowest BCUT2D eigenvalue weighted by Gasteiger charge is -1.90. The van der Waals surface area contributed by atoms with Gasteiger partial charge in [-0.15, -0.1) is 3.79 Å². The van der Waals surface area contributed by atoms with E-state index in [1.807, 2.05) is 36.5 Å². The lowest BCUT2D eigenvalue weighted by atomic mass is 10.1. The molecule has 0 unspecified atom stereocenters. The van der Waals surface area contributed by atoms with E-state index in [2.05, 4.69) is 26.4 Å². The Hall–Kier alpha value is -1.74. The van der Waals surface area contributed by atoms with E-state index in [-0.39, 0.29) is 0 Å². The standard InChI is InChI=1S/C12H9N2S/c1-2-6-10(7-3-1)12-11-8-4-5-9-14(11)15-13-12/h1-9H/q+1. The predicted octanol–water partition coefficient (Wildman–Crippen LogP) is 2.55. The fourth-order valence-electron chi connectivity index (χ4n) is 1.61. The van der Waals surface area contributed by atoms with Crippen LogP contribution in [0, 0.1) is 0 Å². The average molecular weight is 213 g/mol. The van der Waals surface area contributed by atoms with Crippen molar-refractivity contribution in [3.05, 3.63) is 54.7 Å². The van der Waals surface area contributed by atoms with Gasteiger partial charge in [-0.1, -0.05) is 36.4 Å². The van der Waals surface area contributed by atoms with Gasteiger partial charge in [0.25, 0.3) is 11.7 Å². The zero-order chi connectivity index (χ0) is 10.1. The van der Waals surface area contributed by atoms with Crippen LogP contribution in [-0.4, -0.2) is 4.37 Å². The van der Waals surface area contributed by atoms with Crippen molar-refractivity contribution in [1.29, 1.82) is 0 Å². The van der Waals surface area contributed by atoms with E-state index < -0.39 is 0 Å². The summed E-state index contributed by atoms with van der Waals surface area (Å²) in [6, 6.07) is 16.4. The van der Waals surface area contributed by atoms with E-state index in [9.17, 15) is 0 Å². The highest BCUT2D eigenvalue weighted by molar-refractivity contribution is 6.95. The van der Waals surface area contributed by atoms with Gasteiger partial charge in [-0.3, -0.25) is 0 Å². The lowest BCUT2D eigenvalue weighted by molar-refractivity contribution is -0.432. The molecule has 0 bridgehead atoms. The minimum atomic E-state index is 1.06. The minimum absolute atomic E-state index is 1.06. The van der Waals surface area contributed by atoms with Gasteiger partial charge in [0.15, 0.2) is 5.52 Å². The highest BCUT2D eigenvalue weighted by Crippen LogP contribution is 2.20. The molecule has 0 aliphatic heterocycles. The molecule has 1 aromatic carbocycles. The summed E-state index contributed by atoms with van der Waals surface area (Å²) in [6.45, 7) is 0. The van der Waals surface area contributed by atoms with E-state index in [0.717, 1.165) is 11.2 Å². The third kappa shape index (κ3) is 1.41. The molecule has 0 radical (unpaired) electrons. The van der Waals surface area contributed by atoms with Crippen LogP contribution in [0.25, 0.3) is 16.8 Å². The number of hydrogen-bond acceptors (Lipinski definition) is 2. The number of benzene rings is 1. The molecule has 15 heavy (non-hydrogen) atoms. The summed E-state index contributed by atoms with van der Waals surface area (Å²) >= 11 is 1.48. The van der Waals surface area contributed by atoms with Gasteiger partial charge in [-0.25, -0.2) is 0 Å². The molecular weight excluding hydrogens is 204 g/mol. The molecule has 0 aliphatic carbocycles. The Labute approximate surface area is 91.8 Å². The van der Waals surface area contributed by atoms with Crippen molar-refractivity contribution in [2.75, 3.05) is 0 Å². The first kappa shape index (κ1) is 8.56. The van der Waals surface area contributed by atoms with Crippen molar-refractivity contribution in [3.63, 3.8) is 0 Å². The maximum Gasteiger partial charge on any atom is 0.283 e. The van der Waals surface area contributed by atoms with Crippen LogP contribution in [0.15, 0.2) is 54.7 Å². The van der Waals surface area contributed by atoms with Crippen molar-refractivity contribution >= 4 is 17.2 Å². The summed E-state index contributed by atoms with van der Waals surface area (Å²) in [4.78, 5) is 0. The maximum absolute atomic E-state index is 4.47. The van der Waals surface area contributed by atoms with Crippen LogP contribution in [0.2, 0.25) is 0 Å². The molecule has 0 N–H and O–H groups in total. The SMILES string of the molecule is c1ccc(-c2ns[n+]3ccccc23)cc1. The second-order valence-electron chi connectivity index (χ2n) is 3.30. The van der Waals surface area contributed by atoms with Crippen molar-refractivity contribution in [1.82, 2.24) is 4.37 Å². The monoisotopic (exact) mass is 213 g/mol. The Balaban J connectivity index is 2.28. The summed E-state index contributed by atoms with van der Waals surface area (Å²) in [5.41, 5.74) is 3.39. The predicted molar refractivity (Wildman–Crippen MR) is 60.7 cm³/mol. The molecule has 0 aliphatic rings. The van der Waals surface area contributed by atoms with Crippen LogP contribution >= 0.6 is 11.7 Å².